The first-order valence-electron chi connectivity index (χ1n) is 7.43. The minimum absolute atomic E-state index is 0.141. The third-order valence-corrected chi connectivity index (χ3v) is 4.91. The zero-order valence-corrected chi connectivity index (χ0v) is 13.2. The number of amides is 1. The van der Waals surface area contributed by atoms with E-state index in [4.69, 9.17) is 0 Å². The van der Waals surface area contributed by atoms with Gasteiger partial charge in [0.25, 0.3) is 0 Å². The lowest BCUT2D eigenvalue weighted by Crippen LogP contribution is -2.40. The van der Waals surface area contributed by atoms with Gasteiger partial charge in [0, 0.05) is 30.4 Å². The summed E-state index contributed by atoms with van der Waals surface area (Å²) in [5.41, 5.74) is 0. The van der Waals surface area contributed by atoms with E-state index in [1.165, 1.54) is 4.88 Å². The fourth-order valence-corrected chi connectivity index (χ4v) is 3.73. The molecule has 0 aromatic carbocycles. The largest absolute Gasteiger partial charge is 0.356 e. The molecule has 1 aliphatic heterocycles. The number of thiophene rings is 1. The Morgan fingerprint density at radius 2 is 2.19 bits per heavy atom. The number of aryl methyl sites for hydroxylation is 1. The van der Waals surface area contributed by atoms with Crippen molar-refractivity contribution in [2.45, 2.75) is 26.7 Å². The summed E-state index contributed by atoms with van der Waals surface area (Å²) in [4.78, 5) is 25.3. The van der Waals surface area contributed by atoms with E-state index in [1.807, 2.05) is 6.92 Å². The fraction of sp³-hybridized carbons (Fsp3) is 0.533. The van der Waals surface area contributed by atoms with Crippen molar-refractivity contribution in [3.63, 3.8) is 0 Å². The number of aromatic nitrogens is 2. The molecule has 0 spiro atoms. The number of anilines is 1. The molecular weight excluding hydrogens is 284 g/mol. The van der Waals surface area contributed by atoms with Crippen LogP contribution in [0.5, 0.6) is 0 Å². The molecule has 2 aromatic rings. The van der Waals surface area contributed by atoms with Crippen molar-refractivity contribution >= 4 is 33.3 Å². The third kappa shape index (κ3) is 2.85. The first-order valence-corrected chi connectivity index (χ1v) is 8.24. The Labute approximate surface area is 128 Å². The van der Waals surface area contributed by atoms with Gasteiger partial charge in [0.15, 0.2) is 0 Å². The van der Waals surface area contributed by atoms with Gasteiger partial charge >= 0.3 is 0 Å². The number of piperidine rings is 1. The van der Waals surface area contributed by atoms with Gasteiger partial charge in [0.1, 0.15) is 17.0 Å². The second-order valence-corrected chi connectivity index (χ2v) is 6.66. The average molecular weight is 304 g/mol. The predicted molar refractivity (Wildman–Crippen MR) is 85.8 cm³/mol. The Balaban J connectivity index is 1.75. The summed E-state index contributed by atoms with van der Waals surface area (Å²) in [7, 11) is 0. The van der Waals surface area contributed by atoms with Crippen molar-refractivity contribution in [3.8, 4) is 0 Å². The van der Waals surface area contributed by atoms with Gasteiger partial charge in [-0.2, -0.15) is 0 Å². The lowest BCUT2D eigenvalue weighted by Gasteiger charge is -2.32. The van der Waals surface area contributed by atoms with Crippen molar-refractivity contribution in [2.75, 3.05) is 24.5 Å². The molecule has 1 aliphatic rings. The molecular formula is C15H20N4OS. The van der Waals surface area contributed by atoms with E-state index in [0.29, 0.717) is 6.54 Å². The van der Waals surface area contributed by atoms with E-state index in [2.05, 4.69) is 33.2 Å². The predicted octanol–water partition coefficient (Wildman–Crippen LogP) is 2.35. The smallest absolute Gasteiger partial charge is 0.223 e. The summed E-state index contributed by atoms with van der Waals surface area (Å²) in [5.74, 6) is 1.35. The van der Waals surface area contributed by atoms with Crippen molar-refractivity contribution in [2.24, 2.45) is 5.92 Å². The third-order valence-electron chi connectivity index (χ3n) is 3.95. The minimum atomic E-state index is 0.141. The maximum atomic E-state index is 11.9. The van der Waals surface area contributed by atoms with Crippen LogP contribution in [0.1, 0.15) is 24.6 Å². The molecule has 1 N–H and O–H groups in total. The summed E-state index contributed by atoms with van der Waals surface area (Å²) >= 11 is 1.70. The van der Waals surface area contributed by atoms with E-state index in [1.54, 1.807) is 17.7 Å². The molecule has 1 saturated heterocycles. The molecule has 21 heavy (non-hydrogen) atoms. The van der Waals surface area contributed by atoms with Gasteiger partial charge in [-0.3, -0.25) is 4.79 Å². The quantitative estimate of drug-likeness (QED) is 0.945. The van der Waals surface area contributed by atoms with E-state index >= 15 is 0 Å². The summed E-state index contributed by atoms with van der Waals surface area (Å²) in [6.07, 6.45) is 3.42. The van der Waals surface area contributed by atoms with Gasteiger partial charge in [-0.1, -0.05) is 0 Å². The summed E-state index contributed by atoms with van der Waals surface area (Å²) in [6.45, 7) is 6.52. The molecule has 0 bridgehead atoms. The number of nitrogens with one attached hydrogen (secondary N) is 1. The summed E-state index contributed by atoms with van der Waals surface area (Å²) in [6, 6.07) is 2.16. The van der Waals surface area contributed by atoms with Crippen molar-refractivity contribution in [3.05, 3.63) is 17.3 Å². The highest BCUT2D eigenvalue weighted by atomic mass is 32.1. The molecule has 0 unspecified atom stereocenters. The highest BCUT2D eigenvalue weighted by Crippen LogP contribution is 2.31. The monoisotopic (exact) mass is 304 g/mol. The Morgan fingerprint density at radius 1 is 1.43 bits per heavy atom. The molecule has 1 fully saturated rings. The molecule has 0 atom stereocenters. The van der Waals surface area contributed by atoms with Crippen LogP contribution < -0.4 is 10.2 Å². The highest BCUT2D eigenvalue weighted by Gasteiger charge is 2.26. The molecule has 112 valence electrons. The number of carbonyl (C=O) groups excluding carboxylic acids is 1. The zero-order chi connectivity index (χ0) is 14.8. The van der Waals surface area contributed by atoms with Gasteiger partial charge in [-0.25, -0.2) is 9.97 Å². The van der Waals surface area contributed by atoms with Crippen molar-refractivity contribution in [1.29, 1.82) is 0 Å². The molecule has 0 radical (unpaired) electrons. The number of fused-ring (bicyclic) bond motifs is 1. The average Bonchev–Trinajstić information content (AvgIpc) is 2.87. The second-order valence-electron chi connectivity index (χ2n) is 5.43. The maximum Gasteiger partial charge on any atom is 0.223 e. The van der Waals surface area contributed by atoms with Crippen LogP contribution in [0.15, 0.2) is 12.4 Å². The van der Waals surface area contributed by atoms with E-state index in [-0.39, 0.29) is 11.8 Å². The van der Waals surface area contributed by atoms with Crippen molar-refractivity contribution in [1.82, 2.24) is 15.3 Å². The minimum Gasteiger partial charge on any atom is -0.356 e. The van der Waals surface area contributed by atoms with Crippen LogP contribution in [0, 0.1) is 12.8 Å². The Bertz CT molecular complexity index is 646. The van der Waals surface area contributed by atoms with Crippen LogP contribution in [0.2, 0.25) is 0 Å². The van der Waals surface area contributed by atoms with E-state index in [0.717, 1.165) is 42.0 Å². The van der Waals surface area contributed by atoms with Crippen molar-refractivity contribution < 1.29 is 4.79 Å². The SMILES string of the molecule is CCNC(=O)C1CCN(c2ncnc3sc(C)cc23)CC1. The Kier molecular flexibility index (Phi) is 4.05. The fourth-order valence-electron chi connectivity index (χ4n) is 2.89. The number of rotatable bonds is 3. The van der Waals surface area contributed by atoms with Crippen LogP contribution in [0.4, 0.5) is 5.82 Å². The van der Waals surface area contributed by atoms with Crippen LogP contribution in [-0.4, -0.2) is 35.5 Å². The number of hydrogen-bond acceptors (Lipinski definition) is 5. The zero-order valence-electron chi connectivity index (χ0n) is 12.4. The molecule has 3 rings (SSSR count). The standard InChI is InChI=1S/C15H20N4OS/c1-3-16-14(20)11-4-6-19(7-5-11)13-12-8-10(2)21-15(12)18-9-17-13/h8-9,11H,3-7H2,1-2H3,(H,16,20). The van der Waals surface area contributed by atoms with E-state index in [9.17, 15) is 4.79 Å². The van der Waals surface area contributed by atoms with Gasteiger partial charge in [0.2, 0.25) is 5.91 Å². The Morgan fingerprint density at radius 3 is 2.90 bits per heavy atom. The maximum absolute atomic E-state index is 11.9. The van der Waals surface area contributed by atoms with Gasteiger partial charge < -0.3 is 10.2 Å². The molecule has 0 aliphatic carbocycles. The van der Waals surface area contributed by atoms with Crippen LogP contribution in [0.25, 0.3) is 10.2 Å². The lowest BCUT2D eigenvalue weighted by molar-refractivity contribution is -0.125. The van der Waals surface area contributed by atoms with Crippen LogP contribution in [0.3, 0.4) is 0 Å². The molecule has 0 saturated carbocycles. The number of hydrogen-bond donors (Lipinski definition) is 1. The van der Waals surface area contributed by atoms with Crippen LogP contribution >= 0.6 is 11.3 Å². The normalized spacial score (nSPS) is 16.4. The molecule has 5 nitrogen and oxygen atoms in total. The van der Waals surface area contributed by atoms with Crippen LogP contribution in [-0.2, 0) is 4.79 Å². The lowest BCUT2D eigenvalue weighted by atomic mass is 9.96. The van der Waals surface area contributed by atoms with Gasteiger partial charge in [-0.15, -0.1) is 11.3 Å². The summed E-state index contributed by atoms with van der Waals surface area (Å²) < 4.78 is 0. The Hall–Kier alpha value is -1.69. The summed E-state index contributed by atoms with van der Waals surface area (Å²) in [5, 5.41) is 4.06. The molecule has 2 aromatic heterocycles. The number of nitrogens with zero attached hydrogens (tertiary/aromatic N) is 3. The molecule has 3 heterocycles. The van der Waals surface area contributed by atoms with Gasteiger partial charge in [-0.05, 0) is 32.8 Å². The molecule has 6 heteroatoms. The first-order chi connectivity index (χ1) is 10.2. The topological polar surface area (TPSA) is 58.1 Å². The highest BCUT2D eigenvalue weighted by molar-refractivity contribution is 7.18. The first kappa shape index (κ1) is 14.3. The van der Waals surface area contributed by atoms with Gasteiger partial charge in [0.05, 0.1) is 5.39 Å². The molecule has 1 amide bonds. The number of carbonyl (C=O) groups is 1. The second kappa shape index (κ2) is 5.97. The van der Waals surface area contributed by atoms with E-state index < -0.39 is 0 Å².